The second-order valence-electron chi connectivity index (χ2n) is 5.35. The molecular formula is C12H20N2O3. The van der Waals surface area contributed by atoms with Crippen LogP contribution in [0.5, 0.6) is 0 Å². The molecular weight excluding hydrogens is 220 g/mol. The van der Waals surface area contributed by atoms with Gasteiger partial charge in [0.25, 0.3) is 0 Å². The van der Waals surface area contributed by atoms with Gasteiger partial charge in [0.2, 0.25) is 5.91 Å². The van der Waals surface area contributed by atoms with Gasteiger partial charge in [0, 0.05) is 18.5 Å². The summed E-state index contributed by atoms with van der Waals surface area (Å²) >= 11 is 0. The first-order valence-corrected chi connectivity index (χ1v) is 6.28. The summed E-state index contributed by atoms with van der Waals surface area (Å²) in [5.74, 6) is -0.491. The molecule has 2 bridgehead atoms. The van der Waals surface area contributed by atoms with Crippen molar-refractivity contribution in [2.24, 2.45) is 11.7 Å². The summed E-state index contributed by atoms with van der Waals surface area (Å²) in [5.41, 5.74) is 5.65. The quantitative estimate of drug-likeness (QED) is 0.755. The van der Waals surface area contributed by atoms with Crippen LogP contribution in [0, 0.1) is 5.92 Å². The van der Waals surface area contributed by atoms with Crippen molar-refractivity contribution in [3.8, 4) is 0 Å². The van der Waals surface area contributed by atoms with Crippen molar-refractivity contribution < 1.29 is 14.7 Å². The number of amides is 1. The van der Waals surface area contributed by atoms with Gasteiger partial charge >= 0.3 is 5.97 Å². The second-order valence-corrected chi connectivity index (χ2v) is 5.35. The standard InChI is InChI=1S/C12H20N2O3/c1-7(13)12(17)14-9-2-3-10(14)5-8(4-9)6-11(15)16/h7-10H,2-6,13H2,1H3,(H,15,16)/t7-,8?,9?,10?/m0/s1. The largest absolute Gasteiger partial charge is 0.481 e. The molecule has 2 rings (SSSR count). The number of hydrogen-bond acceptors (Lipinski definition) is 3. The van der Waals surface area contributed by atoms with E-state index in [0.29, 0.717) is 0 Å². The number of carbonyl (C=O) groups is 2. The van der Waals surface area contributed by atoms with Gasteiger partial charge in [0.1, 0.15) is 0 Å². The van der Waals surface area contributed by atoms with E-state index in [4.69, 9.17) is 10.8 Å². The number of rotatable bonds is 3. The number of fused-ring (bicyclic) bond motifs is 2. The number of carboxylic acid groups (broad SMARTS) is 1. The van der Waals surface area contributed by atoms with E-state index in [0.717, 1.165) is 25.7 Å². The summed E-state index contributed by atoms with van der Waals surface area (Å²) in [5, 5.41) is 8.82. The maximum absolute atomic E-state index is 12.0. The third-order valence-corrected chi connectivity index (χ3v) is 3.94. The zero-order valence-corrected chi connectivity index (χ0v) is 10.1. The smallest absolute Gasteiger partial charge is 0.303 e. The zero-order chi connectivity index (χ0) is 12.6. The summed E-state index contributed by atoms with van der Waals surface area (Å²) in [6.45, 7) is 1.71. The van der Waals surface area contributed by atoms with Crippen LogP contribution in [-0.4, -0.2) is 40.0 Å². The van der Waals surface area contributed by atoms with Crippen LogP contribution in [-0.2, 0) is 9.59 Å². The number of piperidine rings is 1. The van der Waals surface area contributed by atoms with E-state index >= 15 is 0 Å². The second kappa shape index (κ2) is 4.64. The van der Waals surface area contributed by atoms with E-state index in [2.05, 4.69) is 0 Å². The Labute approximate surface area is 101 Å². The lowest BCUT2D eigenvalue weighted by molar-refractivity contribution is -0.140. The van der Waals surface area contributed by atoms with Gasteiger partial charge in [-0.3, -0.25) is 9.59 Å². The molecule has 3 atom stereocenters. The molecule has 0 aromatic carbocycles. The SMILES string of the molecule is C[C@H](N)C(=O)N1C2CCC1CC(CC(=O)O)C2. The molecule has 0 aromatic heterocycles. The van der Waals surface area contributed by atoms with Gasteiger partial charge in [-0.2, -0.15) is 0 Å². The van der Waals surface area contributed by atoms with Crippen molar-refractivity contribution in [3.63, 3.8) is 0 Å². The number of nitrogens with zero attached hydrogens (tertiary/aromatic N) is 1. The van der Waals surface area contributed by atoms with E-state index in [9.17, 15) is 9.59 Å². The Bertz CT molecular complexity index is 316. The summed E-state index contributed by atoms with van der Waals surface area (Å²) in [7, 11) is 0. The van der Waals surface area contributed by atoms with Crippen LogP contribution in [0.4, 0.5) is 0 Å². The number of carbonyl (C=O) groups excluding carboxylic acids is 1. The lowest BCUT2D eigenvalue weighted by Gasteiger charge is -2.39. The third kappa shape index (κ3) is 2.44. The van der Waals surface area contributed by atoms with Crippen LogP contribution in [0.25, 0.3) is 0 Å². The highest BCUT2D eigenvalue weighted by Crippen LogP contribution is 2.40. The summed E-state index contributed by atoms with van der Waals surface area (Å²) in [6, 6.07) is -0.0117. The molecule has 0 aromatic rings. The molecule has 2 aliphatic heterocycles. The number of aliphatic carboxylic acids is 1. The molecule has 2 heterocycles. The third-order valence-electron chi connectivity index (χ3n) is 3.94. The summed E-state index contributed by atoms with van der Waals surface area (Å²) < 4.78 is 0. The van der Waals surface area contributed by atoms with Gasteiger partial charge in [0.15, 0.2) is 0 Å². The highest BCUT2D eigenvalue weighted by molar-refractivity contribution is 5.82. The van der Waals surface area contributed by atoms with Gasteiger partial charge in [-0.15, -0.1) is 0 Å². The Hall–Kier alpha value is -1.10. The van der Waals surface area contributed by atoms with Crippen molar-refractivity contribution in [3.05, 3.63) is 0 Å². The molecule has 0 aliphatic carbocycles. The van der Waals surface area contributed by atoms with Crippen LogP contribution in [0.2, 0.25) is 0 Å². The average Bonchev–Trinajstić information content (AvgIpc) is 2.48. The van der Waals surface area contributed by atoms with Crippen LogP contribution in [0.15, 0.2) is 0 Å². The minimum Gasteiger partial charge on any atom is -0.481 e. The van der Waals surface area contributed by atoms with Gasteiger partial charge < -0.3 is 15.7 Å². The average molecular weight is 240 g/mol. The predicted octanol–water partition coefficient (Wildman–Crippen LogP) is 0.578. The maximum Gasteiger partial charge on any atom is 0.303 e. The van der Waals surface area contributed by atoms with E-state index < -0.39 is 12.0 Å². The van der Waals surface area contributed by atoms with E-state index in [-0.39, 0.29) is 30.3 Å². The van der Waals surface area contributed by atoms with Crippen molar-refractivity contribution in [1.82, 2.24) is 4.90 Å². The molecule has 2 saturated heterocycles. The number of nitrogens with two attached hydrogens (primary N) is 1. The molecule has 2 fully saturated rings. The van der Waals surface area contributed by atoms with Gasteiger partial charge in [0.05, 0.1) is 6.04 Å². The molecule has 96 valence electrons. The first-order chi connectivity index (χ1) is 7.99. The molecule has 0 saturated carbocycles. The molecule has 5 nitrogen and oxygen atoms in total. The first kappa shape index (κ1) is 12.4. The number of carboxylic acids is 1. The van der Waals surface area contributed by atoms with E-state index in [1.54, 1.807) is 6.92 Å². The van der Waals surface area contributed by atoms with Crippen LogP contribution in [0.3, 0.4) is 0 Å². The molecule has 1 amide bonds. The Kier molecular flexibility index (Phi) is 3.38. The highest BCUT2D eigenvalue weighted by atomic mass is 16.4. The van der Waals surface area contributed by atoms with Crippen molar-refractivity contribution in [2.45, 2.75) is 57.2 Å². The zero-order valence-electron chi connectivity index (χ0n) is 10.1. The van der Waals surface area contributed by atoms with Gasteiger partial charge in [-0.25, -0.2) is 0 Å². The Balaban J connectivity index is 2.03. The fourth-order valence-electron chi connectivity index (χ4n) is 3.30. The highest BCUT2D eigenvalue weighted by Gasteiger charge is 2.43. The van der Waals surface area contributed by atoms with E-state index in [1.807, 2.05) is 4.90 Å². The predicted molar refractivity (Wildman–Crippen MR) is 62.3 cm³/mol. The van der Waals surface area contributed by atoms with E-state index in [1.165, 1.54) is 0 Å². The lowest BCUT2D eigenvalue weighted by atomic mass is 9.88. The Morgan fingerprint density at radius 3 is 2.29 bits per heavy atom. The van der Waals surface area contributed by atoms with Crippen LogP contribution >= 0.6 is 0 Å². The minimum absolute atomic E-state index is 0.0197. The summed E-state index contributed by atoms with van der Waals surface area (Å²) in [6.07, 6.45) is 3.87. The summed E-state index contributed by atoms with van der Waals surface area (Å²) in [4.78, 5) is 24.6. The van der Waals surface area contributed by atoms with Gasteiger partial charge in [-0.1, -0.05) is 0 Å². The maximum atomic E-state index is 12.0. The van der Waals surface area contributed by atoms with Crippen molar-refractivity contribution >= 4 is 11.9 Å². The molecule has 0 radical (unpaired) electrons. The molecule has 3 N–H and O–H groups in total. The Morgan fingerprint density at radius 1 is 1.35 bits per heavy atom. The normalized spacial score (nSPS) is 33.5. The van der Waals surface area contributed by atoms with Gasteiger partial charge in [-0.05, 0) is 38.5 Å². The minimum atomic E-state index is -0.735. The lowest BCUT2D eigenvalue weighted by Crippen LogP contribution is -2.51. The topological polar surface area (TPSA) is 83.6 Å². The molecule has 5 heteroatoms. The molecule has 2 aliphatic rings. The van der Waals surface area contributed by atoms with Crippen molar-refractivity contribution in [2.75, 3.05) is 0 Å². The van der Waals surface area contributed by atoms with Crippen LogP contribution < -0.4 is 5.73 Å². The molecule has 17 heavy (non-hydrogen) atoms. The van der Waals surface area contributed by atoms with Crippen molar-refractivity contribution in [1.29, 1.82) is 0 Å². The monoisotopic (exact) mass is 240 g/mol. The molecule has 0 spiro atoms. The fourth-order valence-corrected chi connectivity index (χ4v) is 3.30. The first-order valence-electron chi connectivity index (χ1n) is 6.28. The number of hydrogen-bond donors (Lipinski definition) is 2. The Morgan fingerprint density at radius 2 is 1.88 bits per heavy atom. The fraction of sp³-hybridized carbons (Fsp3) is 0.833. The molecule has 2 unspecified atom stereocenters. The van der Waals surface area contributed by atoms with Crippen LogP contribution in [0.1, 0.15) is 39.0 Å².